The molecule has 1 aliphatic carbocycles. The molecule has 0 unspecified atom stereocenters. The maximum Gasteiger partial charge on any atom is 0.397 e. The smallest absolute Gasteiger partial charge is 0.397 e. The van der Waals surface area contributed by atoms with Crippen LogP contribution in [-0.4, -0.2) is 6.11 Å². The second kappa shape index (κ2) is 7.02. The molecule has 126 valence electrons. The molecule has 1 aromatic carbocycles. The van der Waals surface area contributed by atoms with Gasteiger partial charge < -0.3 is 4.74 Å². The molecular formula is C20H26F2O. The van der Waals surface area contributed by atoms with E-state index in [1.54, 1.807) is 0 Å². The first-order valence-corrected chi connectivity index (χ1v) is 8.91. The first kappa shape index (κ1) is 16.5. The van der Waals surface area contributed by atoms with Crippen LogP contribution < -0.4 is 0 Å². The molecule has 2 aliphatic rings. The topological polar surface area (TPSA) is 9.23 Å². The van der Waals surface area contributed by atoms with Gasteiger partial charge in [0.05, 0.1) is 12.7 Å². The van der Waals surface area contributed by atoms with Crippen LogP contribution in [-0.2, 0) is 11.2 Å². The lowest BCUT2D eigenvalue weighted by Crippen LogP contribution is -2.25. The second-order valence-electron chi connectivity index (χ2n) is 6.99. The molecule has 1 saturated carbocycles. The third-order valence-corrected chi connectivity index (χ3v) is 5.33. The third kappa shape index (κ3) is 4.13. The normalized spacial score (nSPS) is 27.2. The Balaban J connectivity index is 1.55. The molecule has 3 rings (SSSR count). The van der Waals surface area contributed by atoms with Crippen LogP contribution in [0, 0.1) is 5.92 Å². The Morgan fingerprint density at radius 3 is 2.26 bits per heavy atom. The second-order valence-corrected chi connectivity index (χ2v) is 6.99. The highest BCUT2D eigenvalue weighted by molar-refractivity contribution is 5.26. The molecule has 0 atom stereocenters. The summed E-state index contributed by atoms with van der Waals surface area (Å²) in [6.45, 7) is 2.20. The van der Waals surface area contributed by atoms with E-state index in [2.05, 4.69) is 35.9 Å². The van der Waals surface area contributed by atoms with Crippen molar-refractivity contribution in [3.63, 3.8) is 0 Å². The zero-order chi connectivity index (χ0) is 16.3. The van der Waals surface area contributed by atoms with E-state index in [0.29, 0.717) is 18.3 Å². The molecular weight excluding hydrogens is 294 g/mol. The third-order valence-electron chi connectivity index (χ3n) is 5.33. The highest BCUT2D eigenvalue weighted by Gasteiger charge is 2.35. The SMILES string of the molecule is CCCc1ccc(C2CCC(C3=COC(F)(F)CC3)CC2)cc1. The molecule has 0 saturated heterocycles. The van der Waals surface area contributed by atoms with Crippen LogP contribution in [0.2, 0.25) is 0 Å². The number of alkyl halides is 2. The number of aryl methyl sites for hydroxylation is 1. The van der Waals surface area contributed by atoms with Gasteiger partial charge >= 0.3 is 6.11 Å². The fraction of sp³-hybridized carbons (Fsp3) is 0.600. The van der Waals surface area contributed by atoms with Crippen LogP contribution in [0.3, 0.4) is 0 Å². The number of ether oxygens (including phenoxy) is 1. The van der Waals surface area contributed by atoms with Crippen molar-refractivity contribution < 1.29 is 13.5 Å². The summed E-state index contributed by atoms with van der Waals surface area (Å²) in [5.41, 5.74) is 3.94. The van der Waals surface area contributed by atoms with Gasteiger partial charge in [0.2, 0.25) is 0 Å². The number of hydrogen-bond donors (Lipinski definition) is 0. The largest absolute Gasteiger partial charge is 0.441 e. The molecule has 0 radical (unpaired) electrons. The van der Waals surface area contributed by atoms with Gasteiger partial charge in [0, 0.05) is 0 Å². The van der Waals surface area contributed by atoms with Crippen molar-refractivity contribution in [3.05, 3.63) is 47.2 Å². The fourth-order valence-corrected chi connectivity index (χ4v) is 3.91. The monoisotopic (exact) mass is 320 g/mol. The van der Waals surface area contributed by atoms with E-state index in [0.717, 1.165) is 37.7 Å². The predicted octanol–water partition coefficient (Wildman–Crippen LogP) is 6.20. The van der Waals surface area contributed by atoms with Crippen LogP contribution in [0.1, 0.15) is 68.9 Å². The van der Waals surface area contributed by atoms with E-state index >= 15 is 0 Å². The molecule has 0 bridgehead atoms. The number of halogens is 2. The predicted molar refractivity (Wildman–Crippen MR) is 88.5 cm³/mol. The van der Waals surface area contributed by atoms with E-state index in [9.17, 15) is 8.78 Å². The summed E-state index contributed by atoms with van der Waals surface area (Å²) in [5.74, 6) is 1.05. The fourth-order valence-electron chi connectivity index (χ4n) is 3.91. The molecule has 0 amide bonds. The van der Waals surface area contributed by atoms with Crippen LogP contribution in [0.4, 0.5) is 8.78 Å². The molecule has 23 heavy (non-hydrogen) atoms. The lowest BCUT2D eigenvalue weighted by Gasteiger charge is -2.32. The van der Waals surface area contributed by atoms with E-state index in [4.69, 9.17) is 0 Å². The van der Waals surface area contributed by atoms with Gasteiger partial charge in [0.1, 0.15) is 0 Å². The highest BCUT2D eigenvalue weighted by atomic mass is 19.3. The molecule has 3 heteroatoms. The Hall–Kier alpha value is -1.38. The van der Waals surface area contributed by atoms with Gasteiger partial charge in [-0.2, -0.15) is 8.78 Å². The summed E-state index contributed by atoms with van der Waals surface area (Å²) in [5, 5.41) is 0. The molecule has 0 N–H and O–H groups in total. The summed E-state index contributed by atoms with van der Waals surface area (Å²) in [6.07, 6.45) is 5.48. The number of allylic oxidation sites excluding steroid dienone is 1. The first-order valence-electron chi connectivity index (χ1n) is 8.91. The van der Waals surface area contributed by atoms with E-state index < -0.39 is 6.11 Å². The van der Waals surface area contributed by atoms with Crippen LogP contribution in [0.15, 0.2) is 36.1 Å². The lowest BCUT2D eigenvalue weighted by molar-refractivity contribution is -0.215. The van der Waals surface area contributed by atoms with Crippen molar-refractivity contribution in [2.45, 2.75) is 70.3 Å². The summed E-state index contributed by atoms with van der Waals surface area (Å²) in [7, 11) is 0. The standard InChI is InChI=1S/C20H26F2O/c1-2-3-15-4-6-16(7-5-15)17-8-10-18(11-9-17)19-12-13-20(21,22)23-14-19/h4-7,14,17-18H,2-3,8-13H2,1H3. The molecule has 1 nitrogen and oxygen atoms in total. The average molecular weight is 320 g/mol. The highest BCUT2D eigenvalue weighted by Crippen LogP contribution is 2.42. The molecule has 1 heterocycles. The number of hydrogen-bond acceptors (Lipinski definition) is 1. The van der Waals surface area contributed by atoms with Gasteiger partial charge in [-0.1, -0.05) is 37.6 Å². The summed E-state index contributed by atoms with van der Waals surface area (Å²) < 4.78 is 30.7. The maximum absolute atomic E-state index is 13.0. The average Bonchev–Trinajstić information content (AvgIpc) is 2.56. The van der Waals surface area contributed by atoms with E-state index in [-0.39, 0.29) is 6.42 Å². The van der Waals surface area contributed by atoms with Gasteiger partial charge in [0.15, 0.2) is 0 Å². The van der Waals surface area contributed by atoms with E-state index in [1.807, 2.05) is 0 Å². The maximum atomic E-state index is 13.0. The van der Waals surface area contributed by atoms with Gasteiger partial charge in [-0.3, -0.25) is 0 Å². The van der Waals surface area contributed by atoms with Crippen LogP contribution in [0.5, 0.6) is 0 Å². The Kier molecular flexibility index (Phi) is 5.03. The quantitative estimate of drug-likeness (QED) is 0.641. The minimum Gasteiger partial charge on any atom is -0.441 e. The van der Waals surface area contributed by atoms with Crippen LogP contribution >= 0.6 is 0 Å². The van der Waals surface area contributed by atoms with Crippen molar-refractivity contribution in [3.8, 4) is 0 Å². The van der Waals surface area contributed by atoms with Crippen LogP contribution in [0.25, 0.3) is 0 Å². The molecule has 0 spiro atoms. The van der Waals surface area contributed by atoms with Gasteiger partial charge in [-0.25, -0.2) is 0 Å². The zero-order valence-corrected chi connectivity index (χ0v) is 13.9. The van der Waals surface area contributed by atoms with Gasteiger partial charge in [-0.15, -0.1) is 0 Å². The Bertz CT molecular complexity index is 539. The number of benzene rings is 1. The zero-order valence-electron chi connectivity index (χ0n) is 13.9. The summed E-state index contributed by atoms with van der Waals surface area (Å²) in [4.78, 5) is 0. The molecule has 0 aromatic heterocycles. The van der Waals surface area contributed by atoms with Crippen molar-refractivity contribution >= 4 is 0 Å². The van der Waals surface area contributed by atoms with Crippen molar-refractivity contribution in [1.29, 1.82) is 0 Å². The Morgan fingerprint density at radius 2 is 1.70 bits per heavy atom. The minimum atomic E-state index is -2.96. The Morgan fingerprint density at radius 1 is 1.04 bits per heavy atom. The first-order chi connectivity index (χ1) is 11.1. The van der Waals surface area contributed by atoms with Gasteiger partial charge in [-0.05, 0) is 67.1 Å². The van der Waals surface area contributed by atoms with Crippen molar-refractivity contribution in [2.24, 2.45) is 5.92 Å². The molecule has 1 aromatic rings. The molecule has 1 fully saturated rings. The molecule has 1 aliphatic heterocycles. The summed E-state index contributed by atoms with van der Waals surface area (Å²) in [6, 6.07) is 9.06. The minimum absolute atomic E-state index is 0.169. The van der Waals surface area contributed by atoms with Gasteiger partial charge in [0.25, 0.3) is 0 Å². The lowest BCUT2D eigenvalue weighted by atomic mass is 9.75. The van der Waals surface area contributed by atoms with Crippen molar-refractivity contribution in [2.75, 3.05) is 0 Å². The number of rotatable bonds is 4. The Labute approximate surface area is 137 Å². The summed E-state index contributed by atoms with van der Waals surface area (Å²) >= 11 is 0. The van der Waals surface area contributed by atoms with Crippen molar-refractivity contribution in [1.82, 2.24) is 0 Å². The van der Waals surface area contributed by atoms with E-state index in [1.165, 1.54) is 23.8 Å².